The maximum absolute atomic E-state index is 12.4. The second kappa shape index (κ2) is 9.96. The predicted octanol–water partition coefficient (Wildman–Crippen LogP) is 3.65. The van der Waals surface area contributed by atoms with Crippen molar-refractivity contribution < 1.29 is 19.1 Å². The van der Waals surface area contributed by atoms with Crippen LogP contribution in [0.1, 0.15) is 41.0 Å². The largest absolute Gasteiger partial charge is 0.450 e. The molecule has 2 aromatic carbocycles. The zero-order chi connectivity index (χ0) is 19.6. The average Bonchev–Trinajstić information content (AvgIpc) is 2.67. The summed E-state index contributed by atoms with van der Waals surface area (Å²) < 4.78 is 4.80. The van der Waals surface area contributed by atoms with E-state index in [4.69, 9.17) is 4.74 Å². The van der Waals surface area contributed by atoms with Gasteiger partial charge in [0.15, 0.2) is 0 Å². The number of carbonyl (C=O) groups is 3. The van der Waals surface area contributed by atoms with Crippen LogP contribution in [-0.4, -0.2) is 31.1 Å². The Bertz CT molecular complexity index is 803. The molecule has 0 saturated carbocycles. The SMILES string of the molecule is CCCNC(=O)c1cccc(NC(=O)c2ccc(NC(=O)OCC)cc2)c1. The normalized spacial score (nSPS) is 10.0. The molecule has 0 bridgehead atoms. The molecule has 0 radical (unpaired) electrons. The van der Waals surface area contributed by atoms with E-state index >= 15 is 0 Å². The molecule has 3 N–H and O–H groups in total. The molecule has 2 rings (SSSR count). The van der Waals surface area contributed by atoms with Crippen molar-refractivity contribution >= 4 is 29.3 Å². The van der Waals surface area contributed by atoms with Crippen molar-refractivity contribution in [3.05, 3.63) is 59.7 Å². The zero-order valence-corrected chi connectivity index (χ0v) is 15.4. The highest BCUT2D eigenvalue weighted by molar-refractivity contribution is 6.05. The van der Waals surface area contributed by atoms with Crippen molar-refractivity contribution in [3.8, 4) is 0 Å². The molecular formula is C20H23N3O4. The van der Waals surface area contributed by atoms with Gasteiger partial charge in [0, 0.05) is 29.0 Å². The molecule has 0 fully saturated rings. The summed E-state index contributed by atoms with van der Waals surface area (Å²) in [4.78, 5) is 35.8. The standard InChI is InChI=1S/C20H23N3O4/c1-3-12-21-18(24)15-6-5-7-17(13-15)22-19(25)14-8-10-16(11-9-14)23-20(26)27-4-2/h5-11,13H,3-4,12H2,1-2H3,(H,21,24)(H,22,25)(H,23,26). The Morgan fingerprint density at radius 3 is 2.26 bits per heavy atom. The lowest BCUT2D eigenvalue weighted by atomic mass is 10.1. The molecule has 0 spiro atoms. The van der Waals surface area contributed by atoms with Crippen molar-refractivity contribution in [3.63, 3.8) is 0 Å². The van der Waals surface area contributed by atoms with Gasteiger partial charge in [-0.25, -0.2) is 4.79 Å². The van der Waals surface area contributed by atoms with E-state index in [9.17, 15) is 14.4 Å². The Balaban J connectivity index is 2.00. The Labute approximate surface area is 158 Å². The van der Waals surface area contributed by atoms with Gasteiger partial charge in [-0.05, 0) is 55.8 Å². The van der Waals surface area contributed by atoms with Crippen LogP contribution in [0.3, 0.4) is 0 Å². The Morgan fingerprint density at radius 2 is 1.59 bits per heavy atom. The summed E-state index contributed by atoms with van der Waals surface area (Å²) >= 11 is 0. The van der Waals surface area contributed by atoms with E-state index in [1.54, 1.807) is 55.5 Å². The third-order valence-electron chi connectivity index (χ3n) is 3.59. The second-order valence-electron chi connectivity index (χ2n) is 5.71. The van der Waals surface area contributed by atoms with Gasteiger partial charge < -0.3 is 15.4 Å². The van der Waals surface area contributed by atoms with Gasteiger partial charge in [0.1, 0.15) is 0 Å². The fraction of sp³-hybridized carbons (Fsp3) is 0.250. The van der Waals surface area contributed by atoms with Crippen molar-refractivity contribution in [2.75, 3.05) is 23.8 Å². The van der Waals surface area contributed by atoms with Gasteiger partial charge in [0.25, 0.3) is 11.8 Å². The summed E-state index contributed by atoms with van der Waals surface area (Å²) in [6.07, 6.45) is 0.302. The van der Waals surface area contributed by atoms with Gasteiger partial charge in [0.05, 0.1) is 6.61 Å². The van der Waals surface area contributed by atoms with E-state index in [2.05, 4.69) is 16.0 Å². The van der Waals surface area contributed by atoms with Crippen LogP contribution >= 0.6 is 0 Å². The molecular weight excluding hydrogens is 346 g/mol. The fourth-order valence-electron chi connectivity index (χ4n) is 2.27. The molecule has 7 nitrogen and oxygen atoms in total. The van der Waals surface area contributed by atoms with Crippen molar-refractivity contribution in [1.82, 2.24) is 5.32 Å². The highest BCUT2D eigenvalue weighted by Crippen LogP contribution is 2.14. The lowest BCUT2D eigenvalue weighted by Crippen LogP contribution is -2.24. The molecule has 0 heterocycles. The molecule has 0 aliphatic carbocycles. The summed E-state index contributed by atoms with van der Waals surface area (Å²) in [6.45, 7) is 4.57. The first-order valence-corrected chi connectivity index (χ1v) is 8.77. The van der Waals surface area contributed by atoms with Crippen LogP contribution in [-0.2, 0) is 4.74 Å². The van der Waals surface area contributed by atoms with Crippen LogP contribution in [0.2, 0.25) is 0 Å². The second-order valence-corrected chi connectivity index (χ2v) is 5.71. The molecule has 27 heavy (non-hydrogen) atoms. The topological polar surface area (TPSA) is 96.5 Å². The first-order valence-electron chi connectivity index (χ1n) is 8.77. The minimum atomic E-state index is -0.548. The summed E-state index contributed by atoms with van der Waals surface area (Å²) in [6, 6.07) is 13.1. The van der Waals surface area contributed by atoms with Gasteiger partial charge in [0.2, 0.25) is 0 Å². The van der Waals surface area contributed by atoms with Crippen LogP contribution in [0.4, 0.5) is 16.2 Å². The van der Waals surface area contributed by atoms with E-state index in [1.807, 2.05) is 6.92 Å². The highest BCUT2D eigenvalue weighted by Gasteiger charge is 2.10. The van der Waals surface area contributed by atoms with Gasteiger partial charge in [-0.1, -0.05) is 13.0 Å². The first kappa shape index (κ1) is 20.0. The summed E-state index contributed by atoms with van der Waals surface area (Å²) in [5.74, 6) is -0.494. The maximum atomic E-state index is 12.4. The number of hydrogen-bond acceptors (Lipinski definition) is 4. The summed E-state index contributed by atoms with van der Waals surface area (Å²) in [7, 11) is 0. The van der Waals surface area contributed by atoms with Gasteiger partial charge in [-0.3, -0.25) is 14.9 Å². The quantitative estimate of drug-likeness (QED) is 0.694. The van der Waals surface area contributed by atoms with Crippen LogP contribution in [0.15, 0.2) is 48.5 Å². The van der Waals surface area contributed by atoms with Crippen molar-refractivity contribution in [1.29, 1.82) is 0 Å². The lowest BCUT2D eigenvalue weighted by molar-refractivity contribution is 0.0952. The molecule has 0 unspecified atom stereocenters. The molecule has 0 aliphatic rings. The Hall–Kier alpha value is -3.35. The molecule has 2 aromatic rings. The number of carbonyl (C=O) groups excluding carboxylic acids is 3. The molecule has 0 saturated heterocycles. The Kier molecular flexibility index (Phi) is 7.37. The van der Waals surface area contributed by atoms with Crippen molar-refractivity contribution in [2.45, 2.75) is 20.3 Å². The molecule has 142 valence electrons. The number of hydrogen-bond donors (Lipinski definition) is 3. The minimum Gasteiger partial charge on any atom is -0.450 e. The smallest absolute Gasteiger partial charge is 0.411 e. The van der Waals surface area contributed by atoms with E-state index < -0.39 is 6.09 Å². The molecule has 0 aromatic heterocycles. The van der Waals surface area contributed by atoms with Crippen molar-refractivity contribution in [2.24, 2.45) is 0 Å². The van der Waals surface area contributed by atoms with Crippen LogP contribution in [0.5, 0.6) is 0 Å². The fourth-order valence-corrected chi connectivity index (χ4v) is 2.27. The zero-order valence-electron chi connectivity index (χ0n) is 15.4. The van der Waals surface area contributed by atoms with Crippen LogP contribution < -0.4 is 16.0 Å². The summed E-state index contributed by atoms with van der Waals surface area (Å²) in [5, 5.41) is 8.11. The molecule has 7 heteroatoms. The van der Waals surface area contributed by atoms with Gasteiger partial charge in [-0.2, -0.15) is 0 Å². The van der Waals surface area contributed by atoms with E-state index in [0.29, 0.717) is 29.0 Å². The van der Waals surface area contributed by atoms with Crippen LogP contribution in [0.25, 0.3) is 0 Å². The average molecular weight is 369 g/mol. The monoisotopic (exact) mass is 369 g/mol. The number of nitrogens with one attached hydrogen (secondary N) is 3. The molecule has 3 amide bonds. The number of ether oxygens (including phenoxy) is 1. The number of benzene rings is 2. The third kappa shape index (κ3) is 6.14. The summed E-state index contributed by atoms with van der Waals surface area (Å²) in [5.41, 5.74) is 1.96. The van der Waals surface area contributed by atoms with Crippen LogP contribution in [0, 0.1) is 0 Å². The Morgan fingerprint density at radius 1 is 0.852 bits per heavy atom. The lowest BCUT2D eigenvalue weighted by Gasteiger charge is -2.09. The van der Waals surface area contributed by atoms with E-state index in [1.165, 1.54) is 0 Å². The first-order chi connectivity index (χ1) is 13.0. The van der Waals surface area contributed by atoms with Gasteiger partial charge in [-0.15, -0.1) is 0 Å². The van der Waals surface area contributed by atoms with Gasteiger partial charge >= 0.3 is 6.09 Å². The maximum Gasteiger partial charge on any atom is 0.411 e. The van der Waals surface area contributed by atoms with E-state index in [-0.39, 0.29) is 18.4 Å². The minimum absolute atomic E-state index is 0.178. The van der Waals surface area contributed by atoms with E-state index in [0.717, 1.165) is 6.42 Å². The highest BCUT2D eigenvalue weighted by atomic mass is 16.5. The number of rotatable bonds is 7. The molecule has 0 aliphatic heterocycles. The predicted molar refractivity (Wildman–Crippen MR) is 104 cm³/mol. The number of anilines is 2. The molecule has 0 atom stereocenters. The third-order valence-corrected chi connectivity index (χ3v) is 3.59. The number of amides is 3.